The molecule has 4 rings (SSSR count). The van der Waals surface area contributed by atoms with E-state index in [0.717, 1.165) is 27.5 Å². The Morgan fingerprint density at radius 3 is 2.86 bits per heavy atom. The Kier molecular flexibility index (Phi) is 3.63. The molecule has 1 saturated carbocycles. The number of nitrogens with zero attached hydrogens (tertiary/aromatic N) is 2. The lowest BCUT2D eigenvalue weighted by molar-refractivity contribution is 0.685. The molecule has 0 unspecified atom stereocenters. The normalized spacial score (nSPS) is 14.7. The average Bonchev–Trinajstić information content (AvgIpc) is 3.25. The van der Waals surface area contributed by atoms with Crippen LogP contribution in [0, 0.1) is 0 Å². The Hall–Kier alpha value is -1.43. The van der Waals surface area contributed by atoms with Gasteiger partial charge in [0.2, 0.25) is 0 Å². The van der Waals surface area contributed by atoms with Crippen molar-refractivity contribution in [2.24, 2.45) is 0 Å². The van der Waals surface area contributed by atoms with Crippen LogP contribution in [-0.2, 0) is 6.54 Å². The number of fused-ring (bicyclic) bond motifs is 1. The summed E-state index contributed by atoms with van der Waals surface area (Å²) >= 11 is 3.35. The minimum Gasteiger partial charge on any atom is -0.310 e. The molecule has 2 heterocycles. The van der Waals surface area contributed by atoms with Crippen LogP contribution in [0.5, 0.6) is 0 Å². The van der Waals surface area contributed by atoms with Crippen LogP contribution in [0.2, 0.25) is 0 Å². The SMILES string of the molecule is c1ccc2sc(Sc3ccc(CNC4CC4)cn3)nc2c1. The van der Waals surface area contributed by atoms with E-state index in [0.29, 0.717) is 0 Å². The fraction of sp³-hybridized carbons (Fsp3) is 0.250. The standard InChI is InChI=1S/C16H15N3S2/c1-2-4-14-13(3-1)19-16(20-14)21-15-8-5-11(10-18-15)9-17-12-6-7-12/h1-5,8,10,12,17H,6-7,9H2. The smallest absolute Gasteiger partial charge is 0.157 e. The zero-order chi connectivity index (χ0) is 14.1. The molecule has 1 aliphatic rings. The molecule has 0 bridgehead atoms. The molecule has 1 fully saturated rings. The van der Waals surface area contributed by atoms with E-state index < -0.39 is 0 Å². The highest BCUT2D eigenvalue weighted by atomic mass is 32.2. The lowest BCUT2D eigenvalue weighted by atomic mass is 10.3. The number of hydrogen-bond donors (Lipinski definition) is 1. The largest absolute Gasteiger partial charge is 0.310 e. The molecule has 0 spiro atoms. The lowest BCUT2D eigenvalue weighted by Gasteiger charge is -2.03. The molecule has 1 aliphatic carbocycles. The van der Waals surface area contributed by atoms with Crippen molar-refractivity contribution in [2.75, 3.05) is 0 Å². The third kappa shape index (κ3) is 3.26. The fourth-order valence-electron chi connectivity index (χ4n) is 2.11. The summed E-state index contributed by atoms with van der Waals surface area (Å²) in [5, 5.41) is 4.51. The number of aromatic nitrogens is 2. The molecule has 1 aromatic carbocycles. The van der Waals surface area contributed by atoms with Gasteiger partial charge in [-0.3, -0.25) is 0 Å². The van der Waals surface area contributed by atoms with Crippen molar-refractivity contribution in [2.45, 2.75) is 34.8 Å². The maximum Gasteiger partial charge on any atom is 0.157 e. The maximum absolute atomic E-state index is 4.63. The van der Waals surface area contributed by atoms with Crippen LogP contribution in [0.1, 0.15) is 18.4 Å². The van der Waals surface area contributed by atoms with E-state index in [1.54, 1.807) is 23.1 Å². The highest BCUT2D eigenvalue weighted by Gasteiger charge is 2.19. The number of benzene rings is 1. The molecule has 106 valence electrons. The third-order valence-electron chi connectivity index (χ3n) is 3.44. The number of rotatable bonds is 5. The number of nitrogens with one attached hydrogen (secondary N) is 1. The fourth-order valence-corrected chi connectivity index (χ4v) is 4.06. The van der Waals surface area contributed by atoms with Crippen molar-refractivity contribution in [3.8, 4) is 0 Å². The van der Waals surface area contributed by atoms with E-state index in [1.165, 1.54) is 23.1 Å². The minimum atomic E-state index is 0.738. The Balaban J connectivity index is 1.45. The van der Waals surface area contributed by atoms with Gasteiger partial charge in [-0.05, 0) is 48.4 Å². The van der Waals surface area contributed by atoms with Gasteiger partial charge in [0.25, 0.3) is 0 Å². The molecule has 1 N–H and O–H groups in total. The number of hydrogen-bond acceptors (Lipinski definition) is 5. The predicted octanol–water partition coefficient (Wildman–Crippen LogP) is 4.09. The summed E-state index contributed by atoms with van der Waals surface area (Å²) in [5.41, 5.74) is 2.31. The summed E-state index contributed by atoms with van der Waals surface area (Å²) in [4.78, 5) is 9.16. The van der Waals surface area contributed by atoms with E-state index in [9.17, 15) is 0 Å². The first-order valence-electron chi connectivity index (χ1n) is 7.08. The molecule has 21 heavy (non-hydrogen) atoms. The summed E-state index contributed by atoms with van der Waals surface area (Å²) in [6.07, 6.45) is 4.60. The predicted molar refractivity (Wildman–Crippen MR) is 87.8 cm³/mol. The van der Waals surface area contributed by atoms with Gasteiger partial charge in [-0.2, -0.15) is 0 Å². The first kappa shape index (κ1) is 13.2. The average molecular weight is 313 g/mol. The summed E-state index contributed by atoms with van der Waals surface area (Å²) in [7, 11) is 0. The first-order chi connectivity index (χ1) is 10.4. The van der Waals surface area contributed by atoms with Crippen LogP contribution in [0.3, 0.4) is 0 Å². The van der Waals surface area contributed by atoms with Crippen LogP contribution in [0.25, 0.3) is 10.2 Å². The molecule has 5 heteroatoms. The van der Waals surface area contributed by atoms with Gasteiger partial charge in [0.05, 0.1) is 10.2 Å². The zero-order valence-corrected chi connectivity index (χ0v) is 13.1. The quantitative estimate of drug-likeness (QED) is 0.770. The lowest BCUT2D eigenvalue weighted by Crippen LogP contribution is -2.15. The van der Waals surface area contributed by atoms with Gasteiger partial charge in [-0.1, -0.05) is 18.2 Å². The number of pyridine rings is 1. The topological polar surface area (TPSA) is 37.8 Å². The molecule has 0 atom stereocenters. The second kappa shape index (κ2) is 5.75. The van der Waals surface area contributed by atoms with Crippen LogP contribution in [0.15, 0.2) is 52.0 Å². The molecule has 0 saturated heterocycles. The van der Waals surface area contributed by atoms with Crippen LogP contribution in [-0.4, -0.2) is 16.0 Å². The monoisotopic (exact) mass is 313 g/mol. The minimum absolute atomic E-state index is 0.738. The van der Waals surface area contributed by atoms with Gasteiger partial charge >= 0.3 is 0 Å². The van der Waals surface area contributed by atoms with Crippen molar-refractivity contribution >= 4 is 33.3 Å². The van der Waals surface area contributed by atoms with Crippen LogP contribution >= 0.6 is 23.1 Å². The summed E-state index contributed by atoms with van der Waals surface area (Å²) in [5.74, 6) is 0. The maximum atomic E-state index is 4.63. The van der Waals surface area contributed by atoms with Gasteiger partial charge in [-0.15, -0.1) is 11.3 Å². The van der Waals surface area contributed by atoms with Crippen molar-refractivity contribution in [3.05, 3.63) is 48.2 Å². The molecule has 2 aromatic heterocycles. The van der Waals surface area contributed by atoms with Crippen LogP contribution < -0.4 is 5.32 Å². The van der Waals surface area contributed by atoms with Gasteiger partial charge in [0.1, 0.15) is 5.03 Å². The van der Waals surface area contributed by atoms with Gasteiger partial charge in [0, 0.05) is 18.8 Å². The number of para-hydroxylation sites is 1. The van der Waals surface area contributed by atoms with E-state index >= 15 is 0 Å². The summed E-state index contributed by atoms with van der Waals surface area (Å²) in [6, 6.07) is 13.2. The highest BCUT2D eigenvalue weighted by Crippen LogP contribution is 2.33. The Labute approximate surface area is 131 Å². The summed E-state index contributed by atoms with van der Waals surface area (Å²) in [6.45, 7) is 0.920. The Bertz CT molecular complexity index is 715. The van der Waals surface area contributed by atoms with Crippen molar-refractivity contribution < 1.29 is 0 Å². The molecule has 3 nitrogen and oxygen atoms in total. The molecular formula is C16H15N3S2. The van der Waals surface area contributed by atoms with E-state index in [4.69, 9.17) is 0 Å². The van der Waals surface area contributed by atoms with Gasteiger partial charge in [-0.25, -0.2) is 9.97 Å². The molecule has 0 amide bonds. The molecule has 0 radical (unpaired) electrons. The Morgan fingerprint density at radius 2 is 2.10 bits per heavy atom. The van der Waals surface area contributed by atoms with Crippen molar-refractivity contribution in [3.63, 3.8) is 0 Å². The second-order valence-corrected chi connectivity index (χ2v) is 7.51. The van der Waals surface area contributed by atoms with Gasteiger partial charge < -0.3 is 5.32 Å². The van der Waals surface area contributed by atoms with Crippen molar-refractivity contribution in [1.82, 2.24) is 15.3 Å². The van der Waals surface area contributed by atoms with Crippen molar-refractivity contribution in [1.29, 1.82) is 0 Å². The van der Waals surface area contributed by atoms with E-state index in [1.807, 2.05) is 12.3 Å². The second-order valence-electron chi connectivity index (χ2n) is 5.21. The third-order valence-corrected chi connectivity index (χ3v) is 5.48. The molecular weight excluding hydrogens is 298 g/mol. The first-order valence-corrected chi connectivity index (χ1v) is 8.72. The highest BCUT2D eigenvalue weighted by molar-refractivity contribution is 8.01. The summed E-state index contributed by atoms with van der Waals surface area (Å²) < 4.78 is 2.28. The van der Waals surface area contributed by atoms with E-state index in [-0.39, 0.29) is 0 Å². The molecule has 0 aliphatic heterocycles. The van der Waals surface area contributed by atoms with Crippen LogP contribution in [0.4, 0.5) is 0 Å². The zero-order valence-electron chi connectivity index (χ0n) is 11.5. The van der Waals surface area contributed by atoms with Gasteiger partial charge in [0.15, 0.2) is 4.34 Å². The number of thiazole rings is 1. The molecule has 3 aromatic rings. The van der Waals surface area contributed by atoms with E-state index in [2.05, 4.69) is 45.6 Å². The Morgan fingerprint density at radius 1 is 1.19 bits per heavy atom.